The van der Waals surface area contributed by atoms with Gasteiger partial charge in [0, 0.05) is 0 Å². The number of fused-ring (bicyclic) bond motifs is 1. The summed E-state index contributed by atoms with van der Waals surface area (Å²) in [5.74, 6) is 0. The first-order valence-corrected chi connectivity index (χ1v) is 6.53. The van der Waals surface area contributed by atoms with E-state index in [-0.39, 0.29) is 0 Å². The van der Waals surface area contributed by atoms with Crippen molar-refractivity contribution in [2.45, 2.75) is 33.3 Å². The highest BCUT2D eigenvalue weighted by Crippen LogP contribution is 2.28. The maximum Gasteiger partial charge on any atom is 0.413 e. The van der Waals surface area contributed by atoms with Gasteiger partial charge in [-0.05, 0) is 39.3 Å². The van der Waals surface area contributed by atoms with E-state index >= 15 is 0 Å². The first-order chi connectivity index (χ1) is 8.35. The molecule has 0 saturated carbocycles. The Hall–Kier alpha value is -1.62. The van der Waals surface area contributed by atoms with E-state index in [0.29, 0.717) is 5.13 Å². The zero-order valence-corrected chi connectivity index (χ0v) is 11.7. The molecule has 1 aromatic heterocycles. The summed E-state index contributed by atoms with van der Waals surface area (Å²) in [7, 11) is 0. The number of anilines is 1. The minimum atomic E-state index is -0.503. The molecule has 0 bridgehead atoms. The molecular formula is C13H16N2O2S. The number of nitrogens with one attached hydrogen (secondary N) is 1. The number of para-hydroxylation sites is 1. The van der Waals surface area contributed by atoms with Gasteiger partial charge in [0.25, 0.3) is 0 Å². The fraction of sp³-hybridized carbons (Fsp3) is 0.385. The van der Waals surface area contributed by atoms with E-state index in [9.17, 15) is 4.79 Å². The van der Waals surface area contributed by atoms with Crippen molar-refractivity contribution in [1.29, 1.82) is 0 Å². The van der Waals surface area contributed by atoms with Gasteiger partial charge in [-0.25, -0.2) is 9.78 Å². The second-order valence-corrected chi connectivity index (χ2v) is 6.10. The van der Waals surface area contributed by atoms with Crippen LogP contribution >= 0.6 is 11.3 Å². The zero-order valence-electron chi connectivity index (χ0n) is 10.9. The van der Waals surface area contributed by atoms with Gasteiger partial charge in [-0.15, -0.1) is 0 Å². The number of benzene rings is 1. The molecule has 96 valence electrons. The summed E-state index contributed by atoms with van der Waals surface area (Å²) in [4.78, 5) is 16.0. The van der Waals surface area contributed by atoms with E-state index in [2.05, 4.69) is 10.3 Å². The molecule has 2 aromatic rings. The van der Waals surface area contributed by atoms with Gasteiger partial charge in [0.05, 0.1) is 10.2 Å². The topological polar surface area (TPSA) is 51.2 Å². The number of nitrogens with zero attached hydrogens (tertiary/aromatic N) is 1. The van der Waals surface area contributed by atoms with E-state index in [1.807, 2.05) is 45.9 Å². The van der Waals surface area contributed by atoms with Crippen LogP contribution in [0.3, 0.4) is 0 Å². The fourth-order valence-electron chi connectivity index (χ4n) is 1.53. The Labute approximate surface area is 110 Å². The van der Waals surface area contributed by atoms with E-state index in [0.717, 1.165) is 15.8 Å². The molecule has 0 fully saturated rings. The van der Waals surface area contributed by atoms with Crippen LogP contribution < -0.4 is 5.32 Å². The third-order valence-electron chi connectivity index (χ3n) is 2.23. The normalized spacial score (nSPS) is 11.6. The molecule has 0 radical (unpaired) electrons. The van der Waals surface area contributed by atoms with Gasteiger partial charge in [0.1, 0.15) is 5.60 Å². The quantitative estimate of drug-likeness (QED) is 0.848. The van der Waals surface area contributed by atoms with Crippen molar-refractivity contribution >= 4 is 32.8 Å². The summed E-state index contributed by atoms with van der Waals surface area (Å²) in [6.45, 7) is 7.48. The fourth-order valence-corrected chi connectivity index (χ4v) is 2.46. The van der Waals surface area contributed by atoms with Crippen LogP contribution in [0, 0.1) is 6.92 Å². The minimum absolute atomic E-state index is 0.473. The molecule has 1 heterocycles. The predicted molar refractivity (Wildman–Crippen MR) is 74.2 cm³/mol. The smallest absolute Gasteiger partial charge is 0.413 e. The van der Waals surface area contributed by atoms with E-state index < -0.39 is 11.7 Å². The SMILES string of the molecule is Cc1cccc2sc(NC(=O)OC(C)(C)C)nc12. The molecule has 0 aliphatic rings. The highest BCUT2D eigenvalue weighted by molar-refractivity contribution is 7.22. The molecule has 1 aromatic carbocycles. The Kier molecular flexibility index (Phi) is 3.26. The third-order valence-corrected chi connectivity index (χ3v) is 3.16. The first kappa shape index (κ1) is 12.8. The van der Waals surface area contributed by atoms with Gasteiger partial charge < -0.3 is 4.74 Å². The number of aryl methyl sites for hydroxylation is 1. The number of amides is 1. The van der Waals surface area contributed by atoms with Gasteiger partial charge >= 0.3 is 6.09 Å². The molecule has 0 aliphatic heterocycles. The Bertz CT molecular complexity index is 584. The molecule has 0 aliphatic carbocycles. The molecular weight excluding hydrogens is 248 g/mol. The van der Waals surface area contributed by atoms with E-state index in [1.165, 1.54) is 11.3 Å². The summed E-state index contributed by atoms with van der Waals surface area (Å²) in [5.41, 5.74) is 1.52. The number of hydrogen-bond acceptors (Lipinski definition) is 4. The maximum atomic E-state index is 11.6. The third kappa shape index (κ3) is 2.98. The Morgan fingerprint density at radius 3 is 2.72 bits per heavy atom. The van der Waals surface area contributed by atoms with Crippen molar-refractivity contribution in [1.82, 2.24) is 4.98 Å². The van der Waals surface area contributed by atoms with Crippen LogP contribution in [0.15, 0.2) is 18.2 Å². The maximum absolute atomic E-state index is 11.6. The molecule has 18 heavy (non-hydrogen) atoms. The van der Waals surface area contributed by atoms with Crippen LogP contribution in [-0.2, 0) is 4.74 Å². The van der Waals surface area contributed by atoms with Gasteiger partial charge in [-0.1, -0.05) is 23.5 Å². The van der Waals surface area contributed by atoms with Crippen LogP contribution in [0.4, 0.5) is 9.93 Å². The summed E-state index contributed by atoms with van der Waals surface area (Å²) in [5, 5.41) is 3.22. The lowest BCUT2D eigenvalue weighted by Crippen LogP contribution is -2.27. The van der Waals surface area contributed by atoms with E-state index in [4.69, 9.17) is 4.74 Å². The number of carbonyl (C=O) groups is 1. The minimum Gasteiger partial charge on any atom is -0.444 e. The average Bonchev–Trinajstić information content (AvgIpc) is 2.58. The first-order valence-electron chi connectivity index (χ1n) is 5.71. The number of aromatic nitrogens is 1. The molecule has 1 amide bonds. The molecule has 0 atom stereocenters. The highest BCUT2D eigenvalue weighted by Gasteiger charge is 2.17. The van der Waals surface area contributed by atoms with Crippen LogP contribution in [0.25, 0.3) is 10.2 Å². The molecule has 2 rings (SSSR count). The number of rotatable bonds is 1. The average molecular weight is 264 g/mol. The molecule has 0 unspecified atom stereocenters. The lowest BCUT2D eigenvalue weighted by atomic mass is 10.2. The van der Waals surface area contributed by atoms with Crippen molar-refractivity contribution in [3.8, 4) is 0 Å². The summed E-state index contributed by atoms with van der Waals surface area (Å²) >= 11 is 1.44. The van der Waals surface area contributed by atoms with Crippen molar-refractivity contribution in [2.75, 3.05) is 5.32 Å². The number of thiazole rings is 1. The van der Waals surface area contributed by atoms with Crippen LogP contribution in [0.5, 0.6) is 0 Å². The lowest BCUT2D eigenvalue weighted by Gasteiger charge is -2.18. The summed E-state index contributed by atoms with van der Waals surface area (Å²) in [6.07, 6.45) is -0.473. The van der Waals surface area contributed by atoms with Crippen molar-refractivity contribution in [2.24, 2.45) is 0 Å². The Morgan fingerprint density at radius 2 is 2.11 bits per heavy atom. The number of ether oxygens (including phenoxy) is 1. The standard InChI is InChI=1S/C13H16N2O2S/c1-8-6-5-7-9-10(8)14-11(18-9)15-12(16)17-13(2,3)4/h5-7H,1-4H3,(H,14,15,16). The van der Waals surface area contributed by atoms with Crippen LogP contribution in [0.1, 0.15) is 26.3 Å². The van der Waals surface area contributed by atoms with Crippen molar-refractivity contribution in [3.05, 3.63) is 23.8 Å². The Balaban J connectivity index is 2.18. The second kappa shape index (κ2) is 4.57. The largest absolute Gasteiger partial charge is 0.444 e. The van der Waals surface area contributed by atoms with Gasteiger partial charge in [0.15, 0.2) is 5.13 Å². The highest BCUT2D eigenvalue weighted by atomic mass is 32.1. The van der Waals surface area contributed by atoms with Crippen LogP contribution in [-0.4, -0.2) is 16.7 Å². The molecule has 1 N–H and O–H groups in total. The van der Waals surface area contributed by atoms with Crippen molar-refractivity contribution < 1.29 is 9.53 Å². The molecule has 0 spiro atoms. The van der Waals surface area contributed by atoms with Gasteiger partial charge in [0.2, 0.25) is 0 Å². The number of hydrogen-bond donors (Lipinski definition) is 1. The van der Waals surface area contributed by atoms with Crippen LogP contribution in [0.2, 0.25) is 0 Å². The monoisotopic (exact) mass is 264 g/mol. The van der Waals surface area contributed by atoms with Gasteiger partial charge in [-0.2, -0.15) is 0 Å². The number of carbonyl (C=O) groups excluding carboxylic acids is 1. The van der Waals surface area contributed by atoms with Gasteiger partial charge in [-0.3, -0.25) is 5.32 Å². The van der Waals surface area contributed by atoms with E-state index in [1.54, 1.807) is 0 Å². The second-order valence-electron chi connectivity index (χ2n) is 5.07. The molecule has 5 heteroatoms. The molecule has 4 nitrogen and oxygen atoms in total. The Morgan fingerprint density at radius 1 is 1.39 bits per heavy atom. The summed E-state index contributed by atoms with van der Waals surface area (Å²) < 4.78 is 6.24. The van der Waals surface area contributed by atoms with Crippen molar-refractivity contribution in [3.63, 3.8) is 0 Å². The zero-order chi connectivity index (χ0) is 13.3. The molecule has 0 saturated heterocycles. The predicted octanol–water partition coefficient (Wildman–Crippen LogP) is 3.95. The summed E-state index contributed by atoms with van der Waals surface area (Å²) in [6, 6.07) is 5.96. The lowest BCUT2D eigenvalue weighted by molar-refractivity contribution is 0.0636.